The van der Waals surface area contributed by atoms with E-state index in [4.69, 9.17) is 4.74 Å². The van der Waals surface area contributed by atoms with Crippen molar-refractivity contribution in [2.75, 3.05) is 7.11 Å². The van der Waals surface area contributed by atoms with Crippen LogP contribution in [0.3, 0.4) is 0 Å². The number of hydrogen-bond acceptors (Lipinski definition) is 3. The number of nitrogens with one attached hydrogen (secondary N) is 1. The third-order valence-electron chi connectivity index (χ3n) is 6.96. The summed E-state index contributed by atoms with van der Waals surface area (Å²) < 4.78 is 5.21. The number of methoxy groups -OCH3 is 1. The first-order valence-corrected chi connectivity index (χ1v) is 11.6. The van der Waals surface area contributed by atoms with Crippen LogP contribution in [0, 0.1) is 0 Å². The van der Waals surface area contributed by atoms with Gasteiger partial charge in [0.2, 0.25) is 0 Å². The number of esters is 1. The van der Waals surface area contributed by atoms with E-state index in [1.807, 2.05) is 84.9 Å². The Balaban J connectivity index is 1.50. The standard InChI is InChI=1S/C31H23NO3/c1-35-31(34)29(27-25-16-8-6-14-23(25)24-15-7-9-17-26(24)27)32-30(33)28-21-12-4-2-10-19(21)18-20-11-3-5-13-22(20)28/h2-18,27,29H,1H3,(H,32,33)/t29-/m1/s1. The SMILES string of the molecule is COC(=O)[C@H](NC(=O)c1c2ccccc2cc2ccccc12)C1c2ccccc2-c2ccccc21. The first kappa shape index (κ1) is 21.1. The molecule has 0 saturated heterocycles. The smallest absolute Gasteiger partial charge is 0.329 e. The van der Waals surface area contributed by atoms with Gasteiger partial charge in [-0.05, 0) is 49.9 Å². The van der Waals surface area contributed by atoms with Crippen LogP contribution in [0.2, 0.25) is 0 Å². The summed E-state index contributed by atoms with van der Waals surface area (Å²) in [7, 11) is 1.36. The summed E-state index contributed by atoms with van der Waals surface area (Å²) in [6.45, 7) is 0. The number of carbonyl (C=O) groups excluding carboxylic acids is 2. The largest absolute Gasteiger partial charge is 0.467 e. The molecule has 0 fully saturated rings. The number of ether oxygens (including phenoxy) is 1. The maximum Gasteiger partial charge on any atom is 0.329 e. The maximum atomic E-state index is 14.0. The molecule has 1 N–H and O–H groups in total. The van der Waals surface area contributed by atoms with E-state index in [2.05, 4.69) is 23.5 Å². The number of hydrogen-bond donors (Lipinski definition) is 1. The Hall–Kier alpha value is -4.44. The average Bonchev–Trinajstić information content (AvgIpc) is 3.24. The lowest BCUT2D eigenvalue weighted by Gasteiger charge is -2.25. The van der Waals surface area contributed by atoms with Crippen LogP contribution in [0.25, 0.3) is 32.7 Å². The predicted molar refractivity (Wildman–Crippen MR) is 138 cm³/mol. The summed E-state index contributed by atoms with van der Waals surface area (Å²) in [4.78, 5) is 27.1. The number of rotatable bonds is 4. The molecule has 1 amide bonds. The van der Waals surface area contributed by atoms with E-state index >= 15 is 0 Å². The Morgan fingerprint density at radius 3 is 1.74 bits per heavy atom. The van der Waals surface area contributed by atoms with E-state index in [9.17, 15) is 9.59 Å². The molecule has 1 atom stereocenters. The van der Waals surface area contributed by atoms with Gasteiger partial charge in [0, 0.05) is 5.92 Å². The number of carbonyl (C=O) groups is 2. The molecule has 0 unspecified atom stereocenters. The van der Waals surface area contributed by atoms with Gasteiger partial charge < -0.3 is 10.1 Å². The zero-order chi connectivity index (χ0) is 23.9. The molecule has 35 heavy (non-hydrogen) atoms. The summed E-state index contributed by atoms with van der Waals surface area (Å²) in [5.41, 5.74) is 4.73. The van der Waals surface area contributed by atoms with E-state index in [-0.39, 0.29) is 11.8 Å². The third-order valence-corrected chi connectivity index (χ3v) is 6.96. The van der Waals surface area contributed by atoms with Crippen LogP contribution in [0.1, 0.15) is 27.4 Å². The van der Waals surface area contributed by atoms with Gasteiger partial charge in [-0.25, -0.2) is 4.79 Å². The lowest BCUT2D eigenvalue weighted by molar-refractivity contribution is -0.143. The van der Waals surface area contributed by atoms with Crippen molar-refractivity contribution >= 4 is 33.4 Å². The van der Waals surface area contributed by atoms with Crippen molar-refractivity contribution < 1.29 is 14.3 Å². The molecule has 0 spiro atoms. The monoisotopic (exact) mass is 457 g/mol. The molecule has 4 nitrogen and oxygen atoms in total. The van der Waals surface area contributed by atoms with E-state index in [0.717, 1.165) is 43.8 Å². The Bertz CT molecular complexity index is 1520. The minimum absolute atomic E-state index is 0.296. The Labute approximate surface area is 203 Å². The van der Waals surface area contributed by atoms with Crippen molar-refractivity contribution in [2.24, 2.45) is 0 Å². The molecule has 0 aliphatic heterocycles. The van der Waals surface area contributed by atoms with E-state index in [1.54, 1.807) is 0 Å². The molecule has 0 bridgehead atoms. The maximum absolute atomic E-state index is 14.0. The highest BCUT2D eigenvalue weighted by molar-refractivity contribution is 6.18. The third kappa shape index (κ3) is 3.38. The minimum atomic E-state index is -0.880. The first-order chi connectivity index (χ1) is 17.2. The summed E-state index contributed by atoms with van der Waals surface area (Å²) >= 11 is 0. The van der Waals surface area contributed by atoms with Gasteiger partial charge in [0.05, 0.1) is 12.7 Å². The van der Waals surface area contributed by atoms with Crippen molar-refractivity contribution in [1.82, 2.24) is 5.32 Å². The van der Waals surface area contributed by atoms with Gasteiger partial charge >= 0.3 is 5.97 Å². The molecular weight excluding hydrogens is 434 g/mol. The van der Waals surface area contributed by atoms with Crippen LogP contribution in [0.5, 0.6) is 0 Å². The topological polar surface area (TPSA) is 55.4 Å². The van der Waals surface area contributed by atoms with Crippen LogP contribution in [0.15, 0.2) is 103 Å². The first-order valence-electron chi connectivity index (χ1n) is 11.6. The minimum Gasteiger partial charge on any atom is -0.467 e. The van der Waals surface area contributed by atoms with Crippen molar-refractivity contribution in [3.63, 3.8) is 0 Å². The van der Waals surface area contributed by atoms with Gasteiger partial charge in [0.25, 0.3) is 5.91 Å². The summed E-state index contributed by atoms with van der Waals surface area (Å²) in [6, 6.07) is 33.0. The molecule has 5 aromatic carbocycles. The molecule has 170 valence electrons. The Morgan fingerprint density at radius 2 is 1.20 bits per heavy atom. The highest BCUT2D eigenvalue weighted by Gasteiger charge is 2.39. The summed E-state index contributed by atoms with van der Waals surface area (Å²) in [5.74, 6) is -1.12. The molecular formula is C31H23NO3. The van der Waals surface area contributed by atoms with Crippen molar-refractivity contribution in [1.29, 1.82) is 0 Å². The summed E-state index contributed by atoms with van der Waals surface area (Å²) in [6.07, 6.45) is 0. The van der Waals surface area contributed by atoms with Gasteiger partial charge in [0.15, 0.2) is 0 Å². The van der Waals surface area contributed by atoms with E-state index < -0.39 is 12.0 Å². The molecule has 5 aromatic rings. The van der Waals surface area contributed by atoms with Crippen molar-refractivity contribution in [3.05, 3.63) is 120 Å². The van der Waals surface area contributed by atoms with Crippen LogP contribution >= 0.6 is 0 Å². The zero-order valence-electron chi connectivity index (χ0n) is 19.2. The Morgan fingerprint density at radius 1 is 0.714 bits per heavy atom. The molecule has 0 radical (unpaired) electrons. The Kier molecular flexibility index (Phi) is 5.07. The van der Waals surface area contributed by atoms with Gasteiger partial charge in [-0.2, -0.15) is 0 Å². The molecule has 6 rings (SSSR count). The fraction of sp³-hybridized carbons (Fsp3) is 0.0968. The predicted octanol–water partition coefficient (Wildman–Crippen LogP) is 6.08. The fourth-order valence-electron chi connectivity index (χ4n) is 5.43. The van der Waals surface area contributed by atoms with E-state index in [0.29, 0.717) is 5.56 Å². The lowest BCUT2D eigenvalue weighted by Crippen LogP contribution is -2.45. The van der Waals surface area contributed by atoms with E-state index in [1.165, 1.54) is 7.11 Å². The van der Waals surface area contributed by atoms with Crippen LogP contribution in [-0.4, -0.2) is 25.0 Å². The molecule has 1 aliphatic rings. The molecule has 0 aromatic heterocycles. The van der Waals surface area contributed by atoms with Gasteiger partial charge in [0.1, 0.15) is 6.04 Å². The second kappa shape index (κ2) is 8.41. The summed E-state index contributed by atoms with van der Waals surface area (Å²) in [5, 5.41) is 6.72. The zero-order valence-corrected chi connectivity index (χ0v) is 19.2. The fourth-order valence-corrected chi connectivity index (χ4v) is 5.43. The number of amides is 1. The van der Waals surface area contributed by atoms with Gasteiger partial charge in [-0.15, -0.1) is 0 Å². The molecule has 4 heteroatoms. The van der Waals surface area contributed by atoms with Crippen LogP contribution < -0.4 is 5.32 Å². The van der Waals surface area contributed by atoms with Gasteiger partial charge in [-0.3, -0.25) is 4.79 Å². The van der Waals surface area contributed by atoms with Crippen LogP contribution in [-0.2, 0) is 9.53 Å². The lowest BCUT2D eigenvalue weighted by atomic mass is 9.88. The number of fused-ring (bicyclic) bond motifs is 5. The second-order valence-electron chi connectivity index (χ2n) is 8.82. The van der Waals surface area contributed by atoms with Crippen LogP contribution in [0.4, 0.5) is 0 Å². The molecule has 1 aliphatic carbocycles. The van der Waals surface area contributed by atoms with Crippen molar-refractivity contribution in [3.8, 4) is 11.1 Å². The highest BCUT2D eigenvalue weighted by Crippen LogP contribution is 2.46. The average molecular weight is 458 g/mol. The quantitative estimate of drug-likeness (QED) is 0.263. The molecule has 0 saturated carbocycles. The number of benzene rings is 5. The highest BCUT2D eigenvalue weighted by atomic mass is 16.5. The van der Waals surface area contributed by atoms with Gasteiger partial charge in [-0.1, -0.05) is 97.1 Å². The van der Waals surface area contributed by atoms with Crippen molar-refractivity contribution in [2.45, 2.75) is 12.0 Å². The molecule has 0 heterocycles. The second-order valence-corrected chi connectivity index (χ2v) is 8.82. The normalized spacial score (nSPS) is 13.3.